The number of carbonyl (C=O) groups is 1. The molecule has 2 nitrogen and oxygen atoms in total. The molecule has 0 amide bonds. The summed E-state index contributed by atoms with van der Waals surface area (Å²) in [6.07, 6.45) is 2.76. The lowest BCUT2D eigenvalue weighted by Crippen LogP contribution is -1.89. The molecule has 0 aromatic heterocycles. The van der Waals surface area contributed by atoms with Crippen LogP contribution >= 0.6 is 15.9 Å². The van der Waals surface area contributed by atoms with Crippen molar-refractivity contribution < 1.29 is 9.90 Å². The zero-order chi connectivity index (χ0) is 10.6. The van der Waals surface area contributed by atoms with Crippen molar-refractivity contribution in [2.45, 2.75) is 12.3 Å². The van der Waals surface area contributed by atoms with E-state index in [1.54, 1.807) is 6.08 Å². The van der Waals surface area contributed by atoms with Gasteiger partial charge in [0.05, 0.1) is 0 Å². The van der Waals surface area contributed by atoms with Gasteiger partial charge in [0.1, 0.15) is 0 Å². The third kappa shape index (κ3) is 3.00. The number of benzene rings is 1. The summed E-state index contributed by atoms with van der Waals surface area (Å²) in [5.74, 6) is -0.925. The summed E-state index contributed by atoms with van der Waals surface area (Å²) in [4.78, 5) is 10.3. The first-order chi connectivity index (χ1) is 6.63. The molecule has 1 aromatic carbocycles. The van der Waals surface area contributed by atoms with Crippen LogP contribution in [-0.4, -0.2) is 11.1 Å². The Bertz CT molecular complexity index is 370. The van der Waals surface area contributed by atoms with Gasteiger partial charge in [-0.15, -0.1) is 0 Å². The first-order valence-electron chi connectivity index (χ1n) is 4.20. The molecule has 0 atom stereocenters. The molecule has 0 fully saturated rings. The van der Waals surface area contributed by atoms with Crippen molar-refractivity contribution in [1.29, 1.82) is 0 Å². The van der Waals surface area contributed by atoms with Crippen LogP contribution in [0.25, 0.3) is 6.08 Å². The van der Waals surface area contributed by atoms with Crippen molar-refractivity contribution in [3.63, 3.8) is 0 Å². The van der Waals surface area contributed by atoms with Crippen molar-refractivity contribution in [3.05, 3.63) is 41.0 Å². The summed E-state index contributed by atoms with van der Waals surface area (Å²) in [7, 11) is 0. The molecule has 0 radical (unpaired) electrons. The number of rotatable bonds is 3. The first-order valence-corrected chi connectivity index (χ1v) is 5.32. The van der Waals surface area contributed by atoms with Gasteiger partial charge >= 0.3 is 5.97 Å². The van der Waals surface area contributed by atoms with Gasteiger partial charge in [-0.3, -0.25) is 0 Å². The second kappa shape index (κ2) is 4.96. The van der Waals surface area contributed by atoms with Crippen LogP contribution in [0.4, 0.5) is 0 Å². The van der Waals surface area contributed by atoms with E-state index in [2.05, 4.69) is 15.9 Å². The molecular formula is C11H11BrO2. The Hall–Kier alpha value is -1.09. The molecule has 0 spiro atoms. The first kappa shape index (κ1) is 11.0. The van der Waals surface area contributed by atoms with E-state index >= 15 is 0 Å². The Balaban J connectivity index is 3.02. The maximum absolute atomic E-state index is 10.3. The topological polar surface area (TPSA) is 37.3 Å². The Morgan fingerprint density at radius 1 is 1.57 bits per heavy atom. The van der Waals surface area contributed by atoms with Crippen LogP contribution in [0, 0.1) is 6.92 Å². The van der Waals surface area contributed by atoms with E-state index in [-0.39, 0.29) is 0 Å². The predicted molar refractivity (Wildman–Crippen MR) is 60.5 cm³/mol. The van der Waals surface area contributed by atoms with Gasteiger partial charge < -0.3 is 5.11 Å². The molecule has 74 valence electrons. The van der Waals surface area contributed by atoms with E-state index in [1.165, 1.54) is 5.56 Å². The number of halogens is 1. The van der Waals surface area contributed by atoms with Crippen molar-refractivity contribution in [2.75, 3.05) is 0 Å². The Kier molecular flexibility index (Phi) is 3.89. The molecule has 0 unspecified atom stereocenters. The van der Waals surface area contributed by atoms with Crippen molar-refractivity contribution in [3.8, 4) is 0 Å². The zero-order valence-electron chi connectivity index (χ0n) is 7.83. The molecule has 0 heterocycles. The molecule has 3 heteroatoms. The molecule has 0 aliphatic carbocycles. The van der Waals surface area contributed by atoms with Crippen LogP contribution in [0.1, 0.15) is 16.7 Å². The van der Waals surface area contributed by atoms with Gasteiger partial charge in [0.2, 0.25) is 0 Å². The summed E-state index contributed by atoms with van der Waals surface area (Å²) in [5, 5.41) is 9.22. The van der Waals surface area contributed by atoms with Gasteiger partial charge in [-0.2, -0.15) is 0 Å². The van der Waals surface area contributed by atoms with Crippen LogP contribution in [-0.2, 0) is 10.1 Å². The van der Waals surface area contributed by atoms with Crippen LogP contribution in [0.3, 0.4) is 0 Å². The average molecular weight is 255 g/mol. The third-order valence-corrected chi connectivity index (χ3v) is 2.45. The van der Waals surface area contributed by atoms with Crippen LogP contribution in [0.5, 0.6) is 0 Å². The van der Waals surface area contributed by atoms with Gasteiger partial charge in [-0.25, -0.2) is 4.79 Å². The normalized spacial score (nSPS) is 10.7. The Labute approximate surface area is 91.4 Å². The minimum absolute atomic E-state index is 0.730. The lowest BCUT2D eigenvalue weighted by Gasteiger charge is -2.03. The highest BCUT2D eigenvalue weighted by molar-refractivity contribution is 9.08. The van der Waals surface area contributed by atoms with Gasteiger partial charge in [0.15, 0.2) is 0 Å². The van der Waals surface area contributed by atoms with Gasteiger partial charge in [-0.1, -0.05) is 39.7 Å². The maximum atomic E-state index is 10.3. The highest BCUT2D eigenvalue weighted by atomic mass is 79.9. The smallest absolute Gasteiger partial charge is 0.328 e. The number of hydrogen-bond acceptors (Lipinski definition) is 1. The SMILES string of the molecule is Cc1ccc(C=CC(=O)O)c(CBr)c1. The molecule has 14 heavy (non-hydrogen) atoms. The summed E-state index contributed by atoms with van der Waals surface area (Å²) < 4.78 is 0. The van der Waals surface area contributed by atoms with E-state index in [0.29, 0.717) is 0 Å². The minimum atomic E-state index is -0.925. The van der Waals surface area contributed by atoms with E-state index in [0.717, 1.165) is 22.5 Å². The highest BCUT2D eigenvalue weighted by Gasteiger charge is 1.98. The zero-order valence-corrected chi connectivity index (χ0v) is 9.41. The van der Waals surface area contributed by atoms with Crippen molar-refractivity contribution in [1.82, 2.24) is 0 Å². The standard InChI is InChI=1S/C11H11BrO2/c1-8-2-3-9(4-5-11(13)14)10(6-8)7-12/h2-6H,7H2,1H3,(H,13,14). The second-order valence-corrected chi connectivity index (χ2v) is 3.57. The lowest BCUT2D eigenvalue weighted by molar-refractivity contribution is -0.131. The molecular weight excluding hydrogens is 244 g/mol. The van der Waals surface area contributed by atoms with E-state index in [1.807, 2.05) is 25.1 Å². The number of aryl methyl sites for hydroxylation is 1. The fourth-order valence-electron chi connectivity index (χ4n) is 1.17. The number of carboxylic acids is 1. The third-order valence-electron chi connectivity index (χ3n) is 1.85. The van der Waals surface area contributed by atoms with Crippen LogP contribution in [0.15, 0.2) is 24.3 Å². The summed E-state index contributed by atoms with van der Waals surface area (Å²) >= 11 is 3.37. The van der Waals surface area contributed by atoms with E-state index in [9.17, 15) is 4.79 Å². The number of carboxylic acid groups (broad SMARTS) is 1. The fourth-order valence-corrected chi connectivity index (χ4v) is 1.66. The predicted octanol–water partition coefficient (Wildman–Crippen LogP) is 2.99. The number of aliphatic carboxylic acids is 1. The molecule has 0 aliphatic rings. The van der Waals surface area contributed by atoms with Crippen LogP contribution < -0.4 is 0 Å². The molecule has 1 rings (SSSR count). The molecule has 0 saturated heterocycles. The average Bonchev–Trinajstić information content (AvgIpc) is 2.15. The van der Waals surface area contributed by atoms with Crippen molar-refractivity contribution in [2.24, 2.45) is 0 Å². The lowest BCUT2D eigenvalue weighted by atomic mass is 10.1. The fraction of sp³-hybridized carbons (Fsp3) is 0.182. The molecule has 1 N–H and O–H groups in total. The van der Waals surface area contributed by atoms with Crippen molar-refractivity contribution >= 4 is 28.0 Å². The number of hydrogen-bond donors (Lipinski definition) is 1. The van der Waals surface area contributed by atoms with Gasteiger partial charge in [-0.05, 0) is 24.1 Å². The summed E-state index contributed by atoms with van der Waals surface area (Å²) in [5.41, 5.74) is 3.21. The summed E-state index contributed by atoms with van der Waals surface area (Å²) in [6.45, 7) is 2.01. The molecule has 1 aromatic rings. The highest BCUT2D eigenvalue weighted by Crippen LogP contribution is 2.16. The molecule has 0 saturated carbocycles. The monoisotopic (exact) mass is 254 g/mol. The molecule has 0 bridgehead atoms. The van der Waals surface area contributed by atoms with E-state index in [4.69, 9.17) is 5.11 Å². The number of alkyl halides is 1. The quantitative estimate of drug-likeness (QED) is 0.665. The van der Waals surface area contributed by atoms with E-state index < -0.39 is 5.97 Å². The maximum Gasteiger partial charge on any atom is 0.328 e. The molecule has 0 aliphatic heterocycles. The Morgan fingerprint density at radius 2 is 2.29 bits per heavy atom. The minimum Gasteiger partial charge on any atom is -0.478 e. The largest absolute Gasteiger partial charge is 0.478 e. The second-order valence-electron chi connectivity index (χ2n) is 3.01. The summed E-state index contributed by atoms with van der Waals surface area (Å²) in [6, 6.07) is 5.93. The van der Waals surface area contributed by atoms with Gasteiger partial charge in [0, 0.05) is 11.4 Å². The van der Waals surface area contributed by atoms with Gasteiger partial charge in [0.25, 0.3) is 0 Å². The van der Waals surface area contributed by atoms with Crippen LogP contribution in [0.2, 0.25) is 0 Å². The Morgan fingerprint density at radius 3 is 2.86 bits per heavy atom.